The van der Waals surface area contributed by atoms with Gasteiger partial charge in [0.15, 0.2) is 0 Å². The van der Waals surface area contributed by atoms with Gasteiger partial charge in [-0.15, -0.1) is 54.1 Å². The smallest absolute Gasteiger partial charge is 0.216 e. The summed E-state index contributed by atoms with van der Waals surface area (Å²) in [5.74, 6) is 0. The van der Waals surface area contributed by atoms with Gasteiger partial charge in [-0.3, -0.25) is 0 Å². The third-order valence-corrected chi connectivity index (χ3v) is 7.61. The normalized spacial score (nSPS) is 10.6. The molecule has 4 aromatic carbocycles. The molecule has 0 atom stereocenters. The fourth-order valence-corrected chi connectivity index (χ4v) is 5.28. The Labute approximate surface area is 282 Å². The van der Waals surface area contributed by atoms with Crippen LogP contribution in [0.3, 0.4) is 0 Å². The largest absolute Gasteiger partial charge is 0.486 e. The Morgan fingerprint density at radius 3 is 2.09 bits per heavy atom. The van der Waals surface area contributed by atoms with Crippen molar-refractivity contribution in [3.63, 3.8) is 0 Å². The number of pyridine rings is 3. The first kappa shape index (κ1) is 30.8. The zero-order valence-corrected chi connectivity index (χ0v) is 27.5. The van der Waals surface area contributed by atoms with Gasteiger partial charge in [-0.05, 0) is 52.7 Å². The van der Waals surface area contributed by atoms with Gasteiger partial charge in [-0.25, -0.2) is 4.98 Å². The number of rotatable bonds is 5. The topological polar surface area (TPSA) is 51.8 Å². The summed E-state index contributed by atoms with van der Waals surface area (Å²) in [6, 6.07) is 51.2. The van der Waals surface area contributed by atoms with Crippen LogP contribution < -0.4 is 0 Å². The number of nitrogens with zero attached hydrogens (tertiary/aromatic N) is 3. The van der Waals surface area contributed by atoms with Crippen LogP contribution in [0.25, 0.3) is 55.7 Å². The average Bonchev–Trinajstić information content (AvgIpc) is 3.48. The number of hydrogen-bond acceptors (Lipinski definition) is 4. The van der Waals surface area contributed by atoms with Crippen LogP contribution in [0.15, 0.2) is 150 Å². The van der Waals surface area contributed by atoms with Gasteiger partial charge in [0, 0.05) is 50.0 Å². The third-order valence-electron chi connectivity index (χ3n) is 7.61. The zero-order chi connectivity index (χ0) is 30.4. The van der Waals surface area contributed by atoms with Gasteiger partial charge in [-0.2, -0.15) is 0 Å². The van der Waals surface area contributed by atoms with Crippen molar-refractivity contribution in [3.05, 3.63) is 175 Å². The van der Waals surface area contributed by atoms with E-state index in [1.807, 2.05) is 104 Å². The summed E-state index contributed by atoms with van der Waals surface area (Å²) in [5, 5.41) is 2.04. The van der Waals surface area contributed by atoms with Crippen LogP contribution in [0, 0.1) is 19.1 Å². The molecular weight excluding hydrogens is 743 g/mol. The molecule has 0 N–H and O–H groups in total. The van der Waals surface area contributed by atoms with E-state index in [9.17, 15) is 0 Å². The van der Waals surface area contributed by atoms with Crippen LogP contribution in [0.1, 0.15) is 16.8 Å². The first-order valence-corrected chi connectivity index (χ1v) is 14.9. The number of benzene rings is 4. The molecule has 5 heteroatoms. The molecule has 1 radical (unpaired) electrons. The van der Waals surface area contributed by atoms with Crippen molar-refractivity contribution >= 4 is 22.1 Å². The van der Waals surface area contributed by atoms with Crippen LogP contribution in [-0.4, -0.2) is 15.0 Å². The minimum atomic E-state index is 0. The Bertz CT molecular complexity index is 2160. The zero-order valence-electron chi connectivity index (χ0n) is 25.1. The second-order valence-electron chi connectivity index (χ2n) is 10.8. The maximum absolute atomic E-state index is 6.25. The molecular formula is C41H29IrN3O-2. The minimum Gasteiger partial charge on any atom is -0.486 e. The Kier molecular flexibility index (Phi) is 9.54. The molecule has 0 unspecified atom stereocenters. The molecule has 0 saturated carbocycles. The van der Waals surface area contributed by atoms with E-state index in [1.165, 1.54) is 11.1 Å². The molecule has 4 aromatic heterocycles. The van der Waals surface area contributed by atoms with Crippen LogP contribution in [0.5, 0.6) is 0 Å². The van der Waals surface area contributed by atoms with Crippen molar-refractivity contribution in [1.82, 2.24) is 15.0 Å². The molecule has 0 fully saturated rings. The van der Waals surface area contributed by atoms with Gasteiger partial charge in [0.2, 0.25) is 5.71 Å². The molecule has 225 valence electrons. The summed E-state index contributed by atoms with van der Waals surface area (Å²) in [6.07, 6.45) is 4.54. The quantitative estimate of drug-likeness (QED) is 0.164. The number of aryl methyl sites for hydroxylation is 1. The summed E-state index contributed by atoms with van der Waals surface area (Å²) in [5.41, 5.74) is 10.7. The van der Waals surface area contributed by atoms with E-state index < -0.39 is 0 Å². The molecule has 4 heterocycles. The SMILES string of the molecule is Cc1ccc(-c2[c-]cccc2)nc1.[Ir].[c-]1ccc2c(oc3nc(Cc4ccccc4)ccc32)c1-c1ccc(-c2ccccc2)cn1. The van der Waals surface area contributed by atoms with E-state index in [1.54, 1.807) is 0 Å². The first-order valence-electron chi connectivity index (χ1n) is 14.9. The van der Waals surface area contributed by atoms with Crippen molar-refractivity contribution in [2.45, 2.75) is 13.3 Å². The predicted molar refractivity (Wildman–Crippen MR) is 182 cm³/mol. The third kappa shape index (κ3) is 6.87. The first-order chi connectivity index (χ1) is 22.2. The summed E-state index contributed by atoms with van der Waals surface area (Å²) in [6.45, 7) is 2.03. The maximum atomic E-state index is 6.25. The molecule has 46 heavy (non-hydrogen) atoms. The maximum Gasteiger partial charge on any atom is 0.216 e. The van der Waals surface area contributed by atoms with Crippen molar-refractivity contribution in [2.24, 2.45) is 0 Å². The van der Waals surface area contributed by atoms with Gasteiger partial charge in [0.05, 0.1) is 5.58 Å². The monoisotopic (exact) mass is 772 g/mol. The Morgan fingerprint density at radius 2 is 1.37 bits per heavy atom. The molecule has 4 nitrogen and oxygen atoms in total. The summed E-state index contributed by atoms with van der Waals surface area (Å²) < 4.78 is 6.25. The van der Waals surface area contributed by atoms with Crippen LogP contribution in [-0.2, 0) is 26.5 Å². The van der Waals surface area contributed by atoms with E-state index in [2.05, 4.69) is 65.6 Å². The fraction of sp³-hybridized carbons (Fsp3) is 0.0488. The average molecular weight is 772 g/mol. The number of furan rings is 1. The van der Waals surface area contributed by atoms with Crippen LogP contribution in [0.4, 0.5) is 0 Å². The van der Waals surface area contributed by atoms with E-state index >= 15 is 0 Å². The van der Waals surface area contributed by atoms with Gasteiger partial charge < -0.3 is 14.4 Å². The Balaban J connectivity index is 0.000000223. The van der Waals surface area contributed by atoms with E-state index in [4.69, 9.17) is 14.4 Å². The van der Waals surface area contributed by atoms with Crippen LogP contribution in [0.2, 0.25) is 0 Å². The molecule has 0 aliphatic carbocycles. The van der Waals surface area contributed by atoms with Gasteiger partial charge in [0.25, 0.3) is 0 Å². The molecule has 0 amide bonds. The van der Waals surface area contributed by atoms with E-state index in [0.29, 0.717) is 5.71 Å². The molecule has 0 spiro atoms. The Morgan fingerprint density at radius 1 is 0.609 bits per heavy atom. The summed E-state index contributed by atoms with van der Waals surface area (Å²) in [7, 11) is 0. The predicted octanol–water partition coefficient (Wildman–Crippen LogP) is 9.96. The summed E-state index contributed by atoms with van der Waals surface area (Å²) >= 11 is 0. The van der Waals surface area contributed by atoms with Gasteiger partial charge >= 0.3 is 0 Å². The van der Waals surface area contributed by atoms with E-state index in [-0.39, 0.29) is 20.1 Å². The number of aromatic nitrogens is 3. The molecule has 8 aromatic rings. The van der Waals surface area contributed by atoms with Crippen molar-refractivity contribution in [3.8, 4) is 33.6 Å². The molecule has 0 aliphatic heterocycles. The second-order valence-corrected chi connectivity index (χ2v) is 10.8. The van der Waals surface area contributed by atoms with Gasteiger partial charge in [0.1, 0.15) is 0 Å². The Hall–Kier alpha value is -5.22. The van der Waals surface area contributed by atoms with E-state index in [0.717, 1.165) is 62.1 Å². The second kappa shape index (κ2) is 14.3. The molecule has 0 aliphatic rings. The fourth-order valence-electron chi connectivity index (χ4n) is 5.28. The molecule has 8 rings (SSSR count). The number of hydrogen-bond donors (Lipinski definition) is 0. The van der Waals surface area contributed by atoms with Crippen molar-refractivity contribution in [2.75, 3.05) is 0 Å². The van der Waals surface area contributed by atoms with Crippen molar-refractivity contribution in [1.29, 1.82) is 0 Å². The molecule has 0 bridgehead atoms. The molecule has 0 saturated heterocycles. The van der Waals surface area contributed by atoms with Gasteiger partial charge in [-0.1, -0.05) is 95.9 Å². The number of fused-ring (bicyclic) bond motifs is 3. The summed E-state index contributed by atoms with van der Waals surface area (Å²) in [4.78, 5) is 13.8. The van der Waals surface area contributed by atoms with Crippen LogP contribution >= 0.6 is 0 Å². The van der Waals surface area contributed by atoms with Crippen molar-refractivity contribution < 1.29 is 24.5 Å². The standard InChI is InChI=1S/C29H19N2O.C12H10N.Ir/c1-3-8-20(9-4-1)18-23-15-16-25-24-12-7-13-26(28(24)32-29(25)31-23)27-17-14-22(19-30-27)21-10-5-2-6-11-21;1-10-7-8-12(13-9-10)11-5-3-2-4-6-11;/h1-12,14-17,19H,18H2;2-5,7-9H,1H3;/q2*-1;. The minimum absolute atomic E-state index is 0.